The quantitative estimate of drug-likeness (QED) is 0.723. The van der Waals surface area contributed by atoms with Gasteiger partial charge in [-0.1, -0.05) is 18.2 Å². The minimum Gasteiger partial charge on any atom is -0.381 e. The van der Waals surface area contributed by atoms with Crippen molar-refractivity contribution in [3.8, 4) is 0 Å². The summed E-state index contributed by atoms with van der Waals surface area (Å²) in [6, 6.07) is 6.15. The number of hydrogen-bond acceptors (Lipinski definition) is 4. The molecule has 0 atom stereocenters. The fourth-order valence-electron chi connectivity index (χ4n) is 3.26. The van der Waals surface area contributed by atoms with E-state index in [0.717, 1.165) is 25.7 Å². The number of nitrogens with one attached hydrogen (secondary N) is 3. The third-order valence-corrected chi connectivity index (χ3v) is 4.79. The maximum Gasteiger partial charge on any atom is 0.271 e. The zero-order valence-electron chi connectivity index (χ0n) is 15.1. The summed E-state index contributed by atoms with van der Waals surface area (Å²) < 4.78 is 19.0. The molecular formula is C19H23FN4O3. The molecule has 0 bridgehead atoms. The second-order valence-electron chi connectivity index (χ2n) is 6.66. The van der Waals surface area contributed by atoms with E-state index in [0.29, 0.717) is 5.56 Å². The van der Waals surface area contributed by atoms with Gasteiger partial charge in [0, 0.05) is 13.2 Å². The first-order valence-corrected chi connectivity index (χ1v) is 8.97. The van der Waals surface area contributed by atoms with Crippen LogP contribution < -0.4 is 10.6 Å². The van der Waals surface area contributed by atoms with E-state index < -0.39 is 11.7 Å². The van der Waals surface area contributed by atoms with Gasteiger partial charge in [-0.2, -0.15) is 5.10 Å². The van der Waals surface area contributed by atoms with Gasteiger partial charge in [0.2, 0.25) is 5.91 Å². The zero-order chi connectivity index (χ0) is 19.2. The standard InChI is InChI=1S/C19H23FN4O3/c1-27-14-8-6-13(7-9-14)22-19(26)18-16(11-21-24-18)23-17(25)10-12-4-2-3-5-15(12)20/h2-5,11,13-14H,6-10H2,1H3,(H,21,24)(H,22,26)(H,23,25). The van der Waals surface area contributed by atoms with Gasteiger partial charge in [0.05, 0.1) is 24.4 Å². The number of anilines is 1. The first-order valence-electron chi connectivity index (χ1n) is 8.97. The van der Waals surface area contributed by atoms with Crippen LogP contribution in [0.4, 0.5) is 10.1 Å². The molecule has 0 radical (unpaired) electrons. The molecule has 1 aliphatic rings. The number of amides is 2. The van der Waals surface area contributed by atoms with Crippen molar-refractivity contribution in [1.29, 1.82) is 0 Å². The molecular weight excluding hydrogens is 351 g/mol. The Balaban J connectivity index is 1.58. The lowest BCUT2D eigenvalue weighted by molar-refractivity contribution is -0.115. The fourth-order valence-corrected chi connectivity index (χ4v) is 3.26. The second-order valence-corrected chi connectivity index (χ2v) is 6.66. The third kappa shape index (κ3) is 4.91. The van der Waals surface area contributed by atoms with Gasteiger partial charge in [-0.05, 0) is 37.3 Å². The van der Waals surface area contributed by atoms with E-state index in [4.69, 9.17) is 4.74 Å². The number of nitrogens with zero attached hydrogens (tertiary/aromatic N) is 1. The van der Waals surface area contributed by atoms with Gasteiger partial charge in [0.1, 0.15) is 11.5 Å². The van der Waals surface area contributed by atoms with Crippen LogP contribution in [-0.4, -0.2) is 41.3 Å². The van der Waals surface area contributed by atoms with Crippen molar-refractivity contribution in [2.45, 2.75) is 44.2 Å². The number of carbonyl (C=O) groups excluding carboxylic acids is 2. The SMILES string of the molecule is COC1CCC(NC(=O)c2[nH]ncc2NC(=O)Cc2ccccc2F)CC1. The Morgan fingerprint density at radius 1 is 1.26 bits per heavy atom. The number of rotatable bonds is 6. The molecule has 27 heavy (non-hydrogen) atoms. The Morgan fingerprint density at radius 3 is 2.70 bits per heavy atom. The van der Waals surface area contributed by atoms with E-state index in [1.54, 1.807) is 25.3 Å². The van der Waals surface area contributed by atoms with Crippen molar-refractivity contribution in [2.24, 2.45) is 0 Å². The molecule has 7 nitrogen and oxygen atoms in total. The number of hydrogen-bond donors (Lipinski definition) is 3. The molecule has 8 heteroatoms. The van der Waals surface area contributed by atoms with Crippen LogP contribution in [0.5, 0.6) is 0 Å². The number of carbonyl (C=O) groups is 2. The molecule has 1 aromatic heterocycles. The molecule has 2 aromatic rings. The maximum atomic E-state index is 13.7. The van der Waals surface area contributed by atoms with Crippen LogP contribution in [0.15, 0.2) is 30.5 Å². The van der Waals surface area contributed by atoms with Gasteiger partial charge in [0.25, 0.3) is 5.91 Å². The topological polar surface area (TPSA) is 96.1 Å². The molecule has 0 aliphatic heterocycles. The van der Waals surface area contributed by atoms with Crippen molar-refractivity contribution >= 4 is 17.5 Å². The summed E-state index contributed by atoms with van der Waals surface area (Å²) in [7, 11) is 1.70. The lowest BCUT2D eigenvalue weighted by Crippen LogP contribution is -2.39. The van der Waals surface area contributed by atoms with Crippen molar-refractivity contribution < 1.29 is 18.7 Å². The summed E-state index contributed by atoms with van der Waals surface area (Å²) in [6.45, 7) is 0. The molecule has 1 aliphatic carbocycles. The van der Waals surface area contributed by atoms with Crippen molar-refractivity contribution in [1.82, 2.24) is 15.5 Å². The number of methoxy groups -OCH3 is 1. The zero-order valence-corrected chi connectivity index (χ0v) is 15.1. The highest BCUT2D eigenvalue weighted by Crippen LogP contribution is 2.21. The van der Waals surface area contributed by atoms with Gasteiger partial charge in [-0.25, -0.2) is 4.39 Å². The number of aromatic nitrogens is 2. The van der Waals surface area contributed by atoms with Gasteiger partial charge in [-0.3, -0.25) is 14.7 Å². The van der Waals surface area contributed by atoms with Gasteiger partial charge >= 0.3 is 0 Å². The number of ether oxygens (including phenoxy) is 1. The summed E-state index contributed by atoms with van der Waals surface area (Å²) >= 11 is 0. The van der Waals surface area contributed by atoms with Crippen LogP contribution in [0.1, 0.15) is 41.7 Å². The second kappa shape index (κ2) is 8.77. The summed E-state index contributed by atoms with van der Waals surface area (Å²) in [5.41, 5.74) is 0.754. The Bertz CT molecular complexity index is 800. The molecule has 3 N–H and O–H groups in total. The third-order valence-electron chi connectivity index (χ3n) is 4.79. The normalized spacial score (nSPS) is 19.5. The average Bonchev–Trinajstić information content (AvgIpc) is 3.12. The molecule has 0 spiro atoms. The Hall–Kier alpha value is -2.74. The predicted molar refractivity (Wildman–Crippen MR) is 97.8 cm³/mol. The number of halogens is 1. The Morgan fingerprint density at radius 2 is 2.00 bits per heavy atom. The molecule has 1 saturated carbocycles. The average molecular weight is 374 g/mol. The molecule has 0 saturated heterocycles. The van der Waals surface area contributed by atoms with Crippen LogP contribution in [-0.2, 0) is 16.0 Å². The van der Waals surface area contributed by atoms with Crippen molar-refractivity contribution in [2.75, 3.05) is 12.4 Å². The first-order chi connectivity index (χ1) is 13.1. The molecule has 2 amide bonds. The highest BCUT2D eigenvalue weighted by atomic mass is 19.1. The smallest absolute Gasteiger partial charge is 0.271 e. The van der Waals surface area contributed by atoms with E-state index >= 15 is 0 Å². The lowest BCUT2D eigenvalue weighted by atomic mass is 9.93. The van der Waals surface area contributed by atoms with E-state index in [1.165, 1.54) is 12.3 Å². The largest absolute Gasteiger partial charge is 0.381 e. The predicted octanol–water partition coefficient (Wildman–Crippen LogP) is 2.42. The molecule has 0 unspecified atom stereocenters. The van der Waals surface area contributed by atoms with Crippen LogP contribution in [0, 0.1) is 5.82 Å². The first kappa shape index (κ1) is 19.0. The summed E-state index contributed by atoms with van der Waals surface area (Å²) in [5, 5.41) is 12.0. The van der Waals surface area contributed by atoms with E-state index in [-0.39, 0.29) is 35.9 Å². The van der Waals surface area contributed by atoms with Crippen LogP contribution in [0.25, 0.3) is 0 Å². The van der Waals surface area contributed by atoms with E-state index in [1.807, 2.05) is 0 Å². The van der Waals surface area contributed by atoms with Crippen molar-refractivity contribution in [3.05, 3.63) is 47.5 Å². The van der Waals surface area contributed by atoms with Gasteiger partial charge in [-0.15, -0.1) is 0 Å². The van der Waals surface area contributed by atoms with E-state index in [9.17, 15) is 14.0 Å². The molecule has 3 rings (SSSR count). The number of benzene rings is 1. The maximum absolute atomic E-state index is 13.7. The summed E-state index contributed by atoms with van der Waals surface area (Å²) in [5.74, 6) is -1.19. The number of H-pyrrole nitrogens is 1. The monoisotopic (exact) mass is 374 g/mol. The van der Waals surface area contributed by atoms with Crippen molar-refractivity contribution in [3.63, 3.8) is 0 Å². The van der Waals surface area contributed by atoms with Crippen LogP contribution in [0.3, 0.4) is 0 Å². The highest BCUT2D eigenvalue weighted by molar-refractivity contribution is 6.02. The molecule has 1 aromatic carbocycles. The van der Waals surface area contributed by atoms with Crippen LogP contribution in [0.2, 0.25) is 0 Å². The molecule has 1 fully saturated rings. The van der Waals surface area contributed by atoms with Gasteiger partial charge < -0.3 is 15.4 Å². The van der Waals surface area contributed by atoms with Gasteiger partial charge in [0.15, 0.2) is 0 Å². The van der Waals surface area contributed by atoms with Crippen LogP contribution >= 0.6 is 0 Å². The summed E-state index contributed by atoms with van der Waals surface area (Å²) in [6.07, 6.45) is 4.97. The Kier molecular flexibility index (Phi) is 6.18. The fraction of sp³-hybridized carbons (Fsp3) is 0.421. The minimum atomic E-state index is -0.440. The lowest BCUT2D eigenvalue weighted by Gasteiger charge is -2.28. The molecule has 144 valence electrons. The highest BCUT2D eigenvalue weighted by Gasteiger charge is 2.24. The molecule has 1 heterocycles. The van der Waals surface area contributed by atoms with E-state index in [2.05, 4.69) is 20.8 Å². The number of aromatic amines is 1. The summed E-state index contributed by atoms with van der Waals surface area (Å²) in [4.78, 5) is 24.7. The Labute approximate surface area is 156 Å². The minimum absolute atomic E-state index is 0.0640.